The van der Waals surface area contributed by atoms with Crippen LogP contribution in [0.2, 0.25) is 0 Å². The Labute approximate surface area is 92.6 Å². The molecule has 0 amide bonds. The lowest BCUT2D eigenvalue weighted by atomic mass is 10.1. The molecule has 1 heteroatoms. The van der Waals surface area contributed by atoms with Crippen molar-refractivity contribution in [2.45, 2.75) is 34.1 Å². The lowest BCUT2D eigenvalue weighted by molar-refractivity contribution is 1.16. The van der Waals surface area contributed by atoms with Gasteiger partial charge in [0.05, 0.1) is 0 Å². The van der Waals surface area contributed by atoms with E-state index in [2.05, 4.69) is 50.0 Å². The van der Waals surface area contributed by atoms with E-state index < -0.39 is 0 Å². The normalized spacial score (nSPS) is 12.4. The molecule has 0 heterocycles. The van der Waals surface area contributed by atoms with Crippen LogP contribution in [0.15, 0.2) is 35.0 Å². The molecule has 0 radical (unpaired) electrons. The summed E-state index contributed by atoms with van der Waals surface area (Å²) in [5.74, 6) is 0. The van der Waals surface area contributed by atoms with Crippen LogP contribution in [0.25, 0.3) is 0 Å². The van der Waals surface area contributed by atoms with Gasteiger partial charge in [0, 0.05) is 11.9 Å². The molecule has 1 nitrogen and oxygen atoms in total. The molecule has 0 aliphatic heterocycles. The highest BCUT2D eigenvalue weighted by molar-refractivity contribution is 5.82. The summed E-state index contributed by atoms with van der Waals surface area (Å²) in [4.78, 5) is 4.42. The minimum absolute atomic E-state index is 1.04. The number of aryl methyl sites for hydroxylation is 2. The lowest BCUT2D eigenvalue weighted by Gasteiger charge is -2.01. The van der Waals surface area contributed by atoms with Gasteiger partial charge in [-0.15, -0.1) is 0 Å². The smallest absolute Gasteiger partial charge is 0.0346 e. The summed E-state index contributed by atoms with van der Waals surface area (Å²) in [5.41, 5.74) is 4.84. The van der Waals surface area contributed by atoms with Crippen LogP contribution in [-0.4, -0.2) is 6.21 Å². The Morgan fingerprint density at radius 3 is 2.73 bits per heavy atom. The van der Waals surface area contributed by atoms with Gasteiger partial charge >= 0.3 is 0 Å². The van der Waals surface area contributed by atoms with Crippen molar-refractivity contribution in [3.63, 3.8) is 0 Å². The summed E-state index contributed by atoms with van der Waals surface area (Å²) >= 11 is 0. The molecule has 0 fully saturated rings. The zero-order valence-electron chi connectivity index (χ0n) is 10.0. The van der Waals surface area contributed by atoms with E-state index in [4.69, 9.17) is 0 Å². The standard InChI is InChI=1S/C14H19N/c1-5-6-13(4)15-10-14-9-11(2)7-8-12(14)3/h6-10H,5H2,1-4H3/b13-6+,15-10-. The predicted molar refractivity (Wildman–Crippen MR) is 67.6 cm³/mol. The highest BCUT2D eigenvalue weighted by atomic mass is 14.7. The fourth-order valence-corrected chi connectivity index (χ4v) is 1.42. The van der Waals surface area contributed by atoms with Gasteiger partial charge in [-0.05, 0) is 38.3 Å². The highest BCUT2D eigenvalue weighted by Gasteiger charge is 1.94. The van der Waals surface area contributed by atoms with Gasteiger partial charge in [-0.25, -0.2) is 0 Å². The maximum atomic E-state index is 4.42. The van der Waals surface area contributed by atoms with Gasteiger partial charge in [-0.1, -0.05) is 36.8 Å². The summed E-state index contributed by atoms with van der Waals surface area (Å²) in [6, 6.07) is 6.43. The largest absolute Gasteiger partial charge is 0.261 e. The van der Waals surface area contributed by atoms with Gasteiger partial charge in [0.25, 0.3) is 0 Å². The second-order valence-corrected chi connectivity index (χ2v) is 3.87. The van der Waals surface area contributed by atoms with Gasteiger partial charge in [0.1, 0.15) is 0 Å². The molecule has 0 saturated heterocycles. The van der Waals surface area contributed by atoms with Crippen LogP contribution in [0.1, 0.15) is 37.0 Å². The Balaban J connectivity index is 2.89. The molecule has 15 heavy (non-hydrogen) atoms. The van der Waals surface area contributed by atoms with Crippen molar-refractivity contribution in [1.82, 2.24) is 0 Å². The molecule has 1 aromatic carbocycles. The molecule has 0 aliphatic carbocycles. The molecular weight excluding hydrogens is 182 g/mol. The van der Waals surface area contributed by atoms with Gasteiger partial charge in [-0.2, -0.15) is 0 Å². The van der Waals surface area contributed by atoms with Crippen molar-refractivity contribution in [3.05, 3.63) is 46.7 Å². The molecule has 0 N–H and O–H groups in total. The predicted octanol–water partition coefficient (Wildman–Crippen LogP) is 4.04. The number of aliphatic imine (C=N–C) groups is 1. The summed E-state index contributed by atoms with van der Waals surface area (Å²) in [6.07, 6.45) is 5.11. The first kappa shape index (κ1) is 11.7. The topological polar surface area (TPSA) is 12.4 Å². The van der Waals surface area contributed by atoms with E-state index in [1.54, 1.807) is 0 Å². The number of benzene rings is 1. The number of allylic oxidation sites excluding steroid dienone is 2. The minimum Gasteiger partial charge on any atom is -0.261 e. The van der Waals surface area contributed by atoms with Crippen LogP contribution >= 0.6 is 0 Å². The van der Waals surface area contributed by atoms with E-state index in [1.807, 2.05) is 13.1 Å². The molecule has 1 rings (SSSR count). The fourth-order valence-electron chi connectivity index (χ4n) is 1.42. The van der Waals surface area contributed by atoms with Crippen molar-refractivity contribution in [2.75, 3.05) is 0 Å². The zero-order chi connectivity index (χ0) is 11.3. The van der Waals surface area contributed by atoms with Crippen molar-refractivity contribution in [1.29, 1.82) is 0 Å². The van der Waals surface area contributed by atoms with Crippen LogP contribution in [0.4, 0.5) is 0 Å². The summed E-state index contributed by atoms with van der Waals surface area (Å²) in [6.45, 7) is 8.37. The van der Waals surface area contributed by atoms with Crippen LogP contribution in [0.3, 0.4) is 0 Å². The molecule has 0 aromatic heterocycles. The van der Waals surface area contributed by atoms with E-state index in [0.29, 0.717) is 0 Å². The first-order valence-electron chi connectivity index (χ1n) is 5.41. The third kappa shape index (κ3) is 3.70. The molecule has 80 valence electrons. The Hall–Kier alpha value is -1.37. The lowest BCUT2D eigenvalue weighted by Crippen LogP contribution is -1.88. The molecule has 0 aliphatic rings. The molecule has 0 atom stereocenters. The molecule has 0 bridgehead atoms. The minimum atomic E-state index is 1.04. The Morgan fingerprint density at radius 2 is 2.07 bits per heavy atom. The van der Waals surface area contributed by atoms with Crippen molar-refractivity contribution < 1.29 is 0 Å². The fraction of sp³-hybridized carbons (Fsp3) is 0.357. The summed E-state index contributed by atoms with van der Waals surface area (Å²) in [5, 5.41) is 0. The van der Waals surface area contributed by atoms with Crippen LogP contribution in [-0.2, 0) is 0 Å². The first-order chi connectivity index (χ1) is 7.13. The van der Waals surface area contributed by atoms with Crippen LogP contribution < -0.4 is 0 Å². The quantitative estimate of drug-likeness (QED) is 0.654. The second-order valence-electron chi connectivity index (χ2n) is 3.87. The van der Waals surface area contributed by atoms with E-state index in [0.717, 1.165) is 12.1 Å². The monoisotopic (exact) mass is 201 g/mol. The summed E-state index contributed by atoms with van der Waals surface area (Å²) in [7, 11) is 0. The van der Waals surface area contributed by atoms with Crippen molar-refractivity contribution in [2.24, 2.45) is 4.99 Å². The Kier molecular flexibility index (Phi) is 4.29. The maximum Gasteiger partial charge on any atom is 0.0346 e. The average Bonchev–Trinajstić information content (AvgIpc) is 2.20. The SMILES string of the molecule is CC/C=C(C)/N=C\c1cc(C)ccc1C. The number of rotatable bonds is 3. The zero-order valence-corrected chi connectivity index (χ0v) is 10.0. The van der Waals surface area contributed by atoms with E-state index in [1.165, 1.54) is 16.7 Å². The second kappa shape index (κ2) is 5.50. The Bertz CT molecular complexity index is 386. The van der Waals surface area contributed by atoms with E-state index >= 15 is 0 Å². The van der Waals surface area contributed by atoms with Crippen LogP contribution in [0.5, 0.6) is 0 Å². The average molecular weight is 201 g/mol. The van der Waals surface area contributed by atoms with E-state index in [9.17, 15) is 0 Å². The third-order valence-corrected chi connectivity index (χ3v) is 2.34. The molecular formula is C14H19N. The third-order valence-electron chi connectivity index (χ3n) is 2.34. The molecule has 0 saturated carbocycles. The number of hydrogen-bond donors (Lipinski definition) is 0. The first-order valence-corrected chi connectivity index (χ1v) is 5.41. The van der Waals surface area contributed by atoms with Crippen molar-refractivity contribution in [3.8, 4) is 0 Å². The van der Waals surface area contributed by atoms with Gasteiger partial charge in [0.2, 0.25) is 0 Å². The molecule has 0 unspecified atom stereocenters. The Morgan fingerprint density at radius 1 is 1.33 bits per heavy atom. The number of nitrogens with zero attached hydrogens (tertiary/aromatic N) is 1. The molecule has 1 aromatic rings. The summed E-state index contributed by atoms with van der Waals surface area (Å²) < 4.78 is 0. The maximum absolute atomic E-state index is 4.42. The highest BCUT2D eigenvalue weighted by Crippen LogP contribution is 2.09. The van der Waals surface area contributed by atoms with Gasteiger partial charge in [-0.3, -0.25) is 4.99 Å². The van der Waals surface area contributed by atoms with Crippen molar-refractivity contribution >= 4 is 6.21 Å². The molecule has 0 spiro atoms. The van der Waals surface area contributed by atoms with Gasteiger partial charge in [0.15, 0.2) is 0 Å². The van der Waals surface area contributed by atoms with E-state index in [-0.39, 0.29) is 0 Å². The van der Waals surface area contributed by atoms with Crippen LogP contribution in [0, 0.1) is 13.8 Å². The number of hydrogen-bond acceptors (Lipinski definition) is 1. The van der Waals surface area contributed by atoms with Gasteiger partial charge < -0.3 is 0 Å².